The second kappa shape index (κ2) is 40.4. The fourth-order valence-corrected chi connectivity index (χ4v) is 13.2. The minimum absolute atomic E-state index is 0. The van der Waals surface area contributed by atoms with Gasteiger partial charge in [0, 0.05) is 87.4 Å². The van der Waals surface area contributed by atoms with E-state index >= 15 is 0 Å². The monoisotopic (exact) mass is 1400 g/mol. The van der Waals surface area contributed by atoms with Crippen LogP contribution in [-0.4, -0.2) is 212 Å². The molecule has 0 radical (unpaired) electrons. The molecule has 0 unspecified atom stereocenters. The third-order valence-corrected chi connectivity index (χ3v) is 18.6. The van der Waals surface area contributed by atoms with E-state index in [1.807, 2.05) is 33.7 Å². The fourth-order valence-electron chi connectivity index (χ4n) is 10.2. The molecule has 0 bridgehead atoms. The predicted molar refractivity (Wildman–Crippen MR) is 341 cm³/mol. The Morgan fingerprint density at radius 1 is 0.596 bits per heavy atom. The molecule has 2 aromatic heterocycles. The summed E-state index contributed by atoms with van der Waals surface area (Å²) in [7, 11) is 0. The molecule has 3 aromatic carbocycles. The van der Waals surface area contributed by atoms with Crippen LogP contribution in [0.4, 0.5) is 0 Å². The molecule has 7 rings (SSSR count). The van der Waals surface area contributed by atoms with Crippen molar-refractivity contribution >= 4 is 93.8 Å². The Balaban J connectivity index is 0.00000627. The molecular formula is C63H76N5Na2O20S4-. The number of amides is 5. The van der Waals surface area contributed by atoms with E-state index in [0.29, 0.717) is 65.5 Å². The first-order chi connectivity index (χ1) is 43.6. The van der Waals surface area contributed by atoms with Crippen LogP contribution < -0.4 is 90.8 Å². The molecule has 0 saturated carbocycles. The molecule has 4 heterocycles. The molecule has 2 aliphatic rings. The molecule has 25 nitrogen and oxygen atoms in total. The van der Waals surface area contributed by atoms with Crippen molar-refractivity contribution in [2.24, 2.45) is 0 Å². The largest absolute Gasteiger partial charge is 1.00 e. The van der Waals surface area contributed by atoms with Crippen LogP contribution in [0.1, 0.15) is 93.8 Å². The van der Waals surface area contributed by atoms with Crippen LogP contribution in [0.15, 0.2) is 106 Å². The third kappa shape index (κ3) is 23.6. The number of hydrogen-bond donors (Lipinski definition) is 11. The van der Waals surface area contributed by atoms with Crippen LogP contribution >= 0.6 is 46.2 Å². The summed E-state index contributed by atoms with van der Waals surface area (Å²) in [6.07, 6.45) is -11.6. The van der Waals surface area contributed by atoms with Crippen LogP contribution in [0.25, 0.3) is 22.3 Å². The van der Waals surface area contributed by atoms with E-state index in [1.165, 1.54) is 53.1 Å². The van der Waals surface area contributed by atoms with Gasteiger partial charge < -0.3 is 96.3 Å². The number of aliphatic hydroxyl groups is 6. The van der Waals surface area contributed by atoms with E-state index in [0.717, 1.165) is 29.2 Å². The zero-order valence-corrected chi connectivity index (χ0v) is 59.6. The Morgan fingerprint density at radius 2 is 1.02 bits per heavy atom. The summed E-state index contributed by atoms with van der Waals surface area (Å²) in [5.41, 5.74) is 5.13. The van der Waals surface area contributed by atoms with E-state index in [-0.39, 0.29) is 101 Å². The Morgan fingerprint density at radius 3 is 1.48 bits per heavy atom. The number of hydrogen-bond acceptors (Lipinski definition) is 24. The average Bonchev–Trinajstić information content (AvgIpc) is 1.59. The average molecular weight is 1400 g/mol. The molecule has 31 heteroatoms. The van der Waals surface area contributed by atoms with Gasteiger partial charge in [-0.25, -0.2) is 6.29 Å². The Bertz CT molecular complexity index is 3200. The van der Waals surface area contributed by atoms with Crippen LogP contribution in [0.5, 0.6) is 0 Å². The van der Waals surface area contributed by atoms with Gasteiger partial charge in [0.25, 0.3) is 17.7 Å². The number of rotatable bonds is 35. The third-order valence-electron chi connectivity index (χ3n) is 15.0. The second-order valence-electron chi connectivity index (χ2n) is 21.8. The molecule has 94 heavy (non-hydrogen) atoms. The van der Waals surface area contributed by atoms with Gasteiger partial charge in [-0.15, -0.1) is 0 Å². The molecule has 2 saturated heterocycles. The second-order valence-corrected chi connectivity index (χ2v) is 25.8. The standard InChI is InChI=1S/C63H76N5O19S4.2Na.H2O/c1-37(70)67-52-48(73)30-62(36-69,86-56(52)54(77)50(75)32-65-59(80)43-13-7-39(8-14-43)45-19-27-90-34-45)84-22-4-26-89-29-21-64-58(79)42-17-11-41(12-18-42)47(72)6-3-24-88-25-5-23-85-63(61(82)83)31-49(74)53(68-38(2)71)57(87-63)55(78)51(76)33-66-60(81)44-15-9-40(10-16-44)46-20-28-91-35-46;;;/h7-20,27-28,34-35,48-57,73-78H,3-6,21-26,29-33H2,1-2H3,(H,64,79)(H,65,80)(H,66,81)(H,67,70)(H,68,71)(H,82,83);;;1H2/q-1;2*+1;/p-2/t48-,49-,50+,51+,52+,53+,54+,55+,56+,57+,62+,63+;;;/m0.../s1. The number of nitrogens with one attached hydrogen (secondary N) is 5. The number of carbonyl (C=O) groups excluding carboxylic acids is 8. The molecular weight excluding hydrogens is 1320 g/mol. The number of aliphatic hydroxyl groups excluding tert-OH is 6. The molecule has 500 valence electrons. The van der Waals surface area contributed by atoms with Gasteiger partial charge in [0.2, 0.25) is 17.6 Å². The molecule has 2 aliphatic heterocycles. The Kier molecular flexibility index (Phi) is 35.2. The van der Waals surface area contributed by atoms with Gasteiger partial charge in [-0.3, -0.25) is 28.8 Å². The first kappa shape index (κ1) is 81.9. The van der Waals surface area contributed by atoms with Gasteiger partial charge in [-0.1, -0.05) is 36.4 Å². The van der Waals surface area contributed by atoms with Gasteiger partial charge in [0.05, 0.1) is 48.9 Å². The SMILES string of the molecule is CC(=O)N[C@H]1[C@H]([C@H](O)[C@H](O)CNC(=O)c2ccc(-c3ccsc3)cc2)O[C@]([C-]=O)(OCCCSCCNC(=O)c2ccc(C(=O)CCCSCCCO[C@]3(C(=O)[O-])C[C@H](O)[C@@H](NC(C)=O)[C@H]([C@H](O)[C@H](O)CNC(=O)c4ccc(-c5ccsc5)cc4)O3)cc2)C[C@@H]1O.[Na+].[Na+].[OH-]. The minimum Gasteiger partial charge on any atom is -0.870 e. The Hall–Kier alpha value is -4.52. The van der Waals surface area contributed by atoms with E-state index < -0.39 is 128 Å². The van der Waals surface area contributed by atoms with Crippen LogP contribution in [0, 0.1) is 0 Å². The summed E-state index contributed by atoms with van der Waals surface area (Å²) in [4.78, 5) is 101. The smallest absolute Gasteiger partial charge is 0.870 e. The van der Waals surface area contributed by atoms with Crippen LogP contribution in [-0.2, 0) is 38.1 Å². The maximum Gasteiger partial charge on any atom is 1.00 e. The topological polar surface area (TPSA) is 408 Å². The first-order valence-electron chi connectivity index (χ1n) is 29.4. The number of thioether (sulfide) groups is 2. The summed E-state index contributed by atoms with van der Waals surface area (Å²) >= 11 is 6.02. The molecule has 2 fully saturated rings. The van der Waals surface area contributed by atoms with E-state index in [1.54, 1.807) is 79.1 Å². The fraction of sp³-hybridized carbons (Fsp3) is 0.460. The van der Waals surface area contributed by atoms with Gasteiger partial charge in [-0.05, 0) is 129 Å². The van der Waals surface area contributed by atoms with Crippen molar-refractivity contribution in [3.63, 3.8) is 0 Å². The minimum atomic E-state index is -2.58. The summed E-state index contributed by atoms with van der Waals surface area (Å²) in [5.74, 6) is -7.35. The van der Waals surface area contributed by atoms with E-state index in [2.05, 4.69) is 26.6 Å². The number of thiophene rings is 2. The zero-order valence-electron chi connectivity index (χ0n) is 52.3. The molecule has 0 aliphatic carbocycles. The van der Waals surface area contributed by atoms with Crippen molar-refractivity contribution in [3.05, 3.63) is 129 Å². The molecule has 12 N–H and O–H groups in total. The van der Waals surface area contributed by atoms with Crippen molar-refractivity contribution in [2.75, 3.05) is 55.9 Å². The molecule has 5 amide bonds. The van der Waals surface area contributed by atoms with Crippen LogP contribution in [0.2, 0.25) is 0 Å². The van der Waals surface area contributed by atoms with E-state index in [9.17, 15) is 74.1 Å². The first-order valence-corrected chi connectivity index (χ1v) is 33.6. The summed E-state index contributed by atoms with van der Waals surface area (Å²) in [6.45, 7) is 1.43. The van der Waals surface area contributed by atoms with Crippen molar-refractivity contribution in [1.29, 1.82) is 0 Å². The number of ether oxygens (including phenoxy) is 4. The van der Waals surface area contributed by atoms with E-state index in [4.69, 9.17) is 18.9 Å². The number of ketones is 1. The van der Waals surface area contributed by atoms with Crippen molar-refractivity contribution in [3.8, 4) is 22.3 Å². The molecule has 0 spiro atoms. The number of aliphatic carboxylic acids is 1. The normalized spacial score (nSPS) is 22.0. The molecule has 12 atom stereocenters. The van der Waals surface area contributed by atoms with Gasteiger partial charge in [0.15, 0.2) is 5.78 Å². The maximum atomic E-state index is 13.0. The summed E-state index contributed by atoms with van der Waals surface area (Å²) in [5, 5.41) is 99.9. The number of carboxylic acids is 1. The summed E-state index contributed by atoms with van der Waals surface area (Å²) < 4.78 is 23.2. The van der Waals surface area contributed by atoms with Gasteiger partial charge in [0.1, 0.15) is 30.4 Å². The maximum absolute atomic E-state index is 13.0. The zero-order chi connectivity index (χ0) is 65.7. The predicted octanol–water partition coefficient (Wildman–Crippen LogP) is -4.19. The molecule has 5 aromatic rings. The van der Waals surface area contributed by atoms with Crippen molar-refractivity contribution in [1.82, 2.24) is 26.6 Å². The van der Waals surface area contributed by atoms with Gasteiger partial charge >= 0.3 is 59.1 Å². The number of carboxylic acid groups (broad SMARTS) is 1. The van der Waals surface area contributed by atoms with Crippen molar-refractivity contribution < 1.29 is 158 Å². The quantitative estimate of drug-likeness (QED) is 0.00793. The number of Topliss-reactive ketones (excluding diaryl/α,β-unsaturated/α-hetero) is 1. The summed E-state index contributed by atoms with van der Waals surface area (Å²) in [6, 6.07) is 21.0. The number of carbonyl (C=O) groups is 7. The number of benzene rings is 3. The van der Waals surface area contributed by atoms with Gasteiger partial charge in [-0.2, -0.15) is 46.2 Å². The van der Waals surface area contributed by atoms with Crippen molar-refractivity contribution in [2.45, 2.75) is 125 Å². The van der Waals surface area contributed by atoms with Crippen LogP contribution in [0.3, 0.4) is 0 Å². The Labute approximate surface area is 604 Å².